The molecule has 0 radical (unpaired) electrons. The van der Waals surface area contributed by atoms with Crippen molar-refractivity contribution in [1.29, 1.82) is 0 Å². The highest BCUT2D eigenvalue weighted by molar-refractivity contribution is 7.15. The minimum absolute atomic E-state index is 0.0255. The molecule has 0 bridgehead atoms. The standard InChI is InChI=1S/C17H27N5O2S/c1-11(2)15-20-21-16(25-15)19-14(23)12-6-5-9-22(10-12)17(24)18-13-7-3-4-8-13/h11-13H,3-10H2,1-2H3,(H,18,24)(H,19,21,23). The summed E-state index contributed by atoms with van der Waals surface area (Å²) in [5.41, 5.74) is 0. The number of urea groups is 1. The lowest BCUT2D eigenvalue weighted by Crippen LogP contribution is -2.49. The minimum Gasteiger partial charge on any atom is -0.335 e. The van der Waals surface area contributed by atoms with Crippen molar-refractivity contribution in [1.82, 2.24) is 20.4 Å². The van der Waals surface area contributed by atoms with Crippen LogP contribution in [0.5, 0.6) is 0 Å². The van der Waals surface area contributed by atoms with Crippen LogP contribution in [0.25, 0.3) is 0 Å². The van der Waals surface area contributed by atoms with Crippen molar-refractivity contribution in [3.05, 3.63) is 5.01 Å². The van der Waals surface area contributed by atoms with E-state index in [2.05, 4.69) is 20.8 Å². The SMILES string of the molecule is CC(C)c1nnc(NC(=O)C2CCCN(C(=O)NC3CCCC3)C2)s1. The van der Waals surface area contributed by atoms with E-state index in [9.17, 15) is 9.59 Å². The van der Waals surface area contributed by atoms with E-state index in [1.807, 2.05) is 13.8 Å². The predicted octanol–water partition coefficient (Wildman–Crippen LogP) is 2.96. The Balaban J connectivity index is 1.52. The average Bonchev–Trinajstić information content (AvgIpc) is 3.27. The second-order valence-corrected chi connectivity index (χ2v) is 8.31. The first-order valence-corrected chi connectivity index (χ1v) is 10.0. The number of hydrogen-bond acceptors (Lipinski definition) is 5. The van der Waals surface area contributed by atoms with Gasteiger partial charge in [0.05, 0.1) is 5.92 Å². The summed E-state index contributed by atoms with van der Waals surface area (Å²) >= 11 is 1.41. The molecule has 1 saturated heterocycles. The fourth-order valence-electron chi connectivity index (χ4n) is 3.44. The lowest BCUT2D eigenvalue weighted by atomic mass is 9.97. The molecule has 1 aliphatic carbocycles. The second-order valence-electron chi connectivity index (χ2n) is 7.31. The van der Waals surface area contributed by atoms with Gasteiger partial charge in [0.2, 0.25) is 11.0 Å². The van der Waals surface area contributed by atoms with Crippen molar-refractivity contribution >= 4 is 28.4 Å². The quantitative estimate of drug-likeness (QED) is 0.859. The molecule has 3 amide bonds. The van der Waals surface area contributed by atoms with Gasteiger partial charge in [-0.3, -0.25) is 4.79 Å². The van der Waals surface area contributed by atoms with Gasteiger partial charge in [-0.25, -0.2) is 4.79 Å². The Morgan fingerprint density at radius 1 is 1.16 bits per heavy atom. The van der Waals surface area contributed by atoms with Crippen LogP contribution in [0.2, 0.25) is 0 Å². The van der Waals surface area contributed by atoms with Crippen LogP contribution in [0.4, 0.5) is 9.93 Å². The first-order valence-electron chi connectivity index (χ1n) is 9.22. The van der Waals surface area contributed by atoms with E-state index in [4.69, 9.17) is 0 Å². The summed E-state index contributed by atoms with van der Waals surface area (Å²) in [6.45, 7) is 5.29. The summed E-state index contributed by atoms with van der Waals surface area (Å²) in [5, 5.41) is 15.6. The number of nitrogens with zero attached hydrogens (tertiary/aromatic N) is 3. The topological polar surface area (TPSA) is 87.2 Å². The van der Waals surface area contributed by atoms with Crippen LogP contribution in [-0.4, -0.2) is 46.2 Å². The first-order chi connectivity index (χ1) is 12.0. The van der Waals surface area contributed by atoms with Gasteiger partial charge >= 0.3 is 6.03 Å². The number of aromatic nitrogens is 2. The highest BCUT2D eigenvalue weighted by atomic mass is 32.1. The van der Waals surface area contributed by atoms with Gasteiger partial charge in [-0.1, -0.05) is 38.0 Å². The van der Waals surface area contributed by atoms with E-state index < -0.39 is 0 Å². The van der Waals surface area contributed by atoms with E-state index in [1.54, 1.807) is 4.90 Å². The van der Waals surface area contributed by atoms with Gasteiger partial charge in [-0.05, 0) is 25.7 Å². The number of rotatable bonds is 4. The highest BCUT2D eigenvalue weighted by Crippen LogP contribution is 2.25. The normalized spacial score (nSPS) is 21.6. The number of amides is 3. The van der Waals surface area contributed by atoms with Crippen molar-refractivity contribution in [2.75, 3.05) is 18.4 Å². The third kappa shape index (κ3) is 4.68. The predicted molar refractivity (Wildman–Crippen MR) is 97.7 cm³/mol. The Labute approximate surface area is 152 Å². The lowest BCUT2D eigenvalue weighted by molar-refractivity contribution is -0.121. The molecule has 1 atom stereocenters. The molecule has 0 spiro atoms. The fraction of sp³-hybridized carbons (Fsp3) is 0.765. The maximum Gasteiger partial charge on any atom is 0.317 e. The van der Waals surface area contributed by atoms with E-state index in [0.717, 1.165) is 37.2 Å². The molecule has 1 aromatic rings. The molecule has 2 N–H and O–H groups in total. The third-order valence-corrected chi connectivity index (χ3v) is 6.07. The Morgan fingerprint density at radius 3 is 2.60 bits per heavy atom. The van der Waals surface area contributed by atoms with Gasteiger partial charge in [0.25, 0.3) is 0 Å². The number of nitrogens with one attached hydrogen (secondary N) is 2. The molecule has 7 nitrogen and oxygen atoms in total. The monoisotopic (exact) mass is 365 g/mol. The fourth-order valence-corrected chi connectivity index (χ4v) is 4.19. The molecular weight excluding hydrogens is 338 g/mol. The van der Waals surface area contributed by atoms with Gasteiger partial charge in [0.1, 0.15) is 5.01 Å². The van der Waals surface area contributed by atoms with Crippen LogP contribution < -0.4 is 10.6 Å². The second kappa shape index (κ2) is 8.12. The Kier molecular flexibility index (Phi) is 5.88. The molecule has 25 heavy (non-hydrogen) atoms. The summed E-state index contributed by atoms with van der Waals surface area (Å²) in [4.78, 5) is 26.7. The summed E-state index contributed by atoms with van der Waals surface area (Å²) in [6, 6.07) is 0.278. The zero-order chi connectivity index (χ0) is 17.8. The van der Waals surface area contributed by atoms with E-state index in [0.29, 0.717) is 23.6 Å². The number of hydrogen-bond donors (Lipinski definition) is 2. The van der Waals surface area contributed by atoms with Crippen LogP contribution in [0.3, 0.4) is 0 Å². The van der Waals surface area contributed by atoms with Gasteiger partial charge in [0, 0.05) is 25.0 Å². The highest BCUT2D eigenvalue weighted by Gasteiger charge is 2.30. The minimum atomic E-state index is -0.186. The summed E-state index contributed by atoms with van der Waals surface area (Å²) in [7, 11) is 0. The molecule has 1 aliphatic heterocycles. The summed E-state index contributed by atoms with van der Waals surface area (Å²) in [6.07, 6.45) is 6.17. The molecule has 2 fully saturated rings. The van der Waals surface area contributed by atoms with Crippen molar-refractivity contribution in [2.24, 2.45) is 5.92 Å². The number of likely N-dealkylation sites (tertiary alicyclic amines) is 1. The van der Waals surface area contributed by atoms with Crippen molar-refractivity contribution in [3.63, 3.8) is 0 Å². The van der Waals surface area contributed by atoms with E-state index >= 15 is 0 Å². The van der Waals surface area contributed by atoms with E-state index in [1.165, 1.54) is 24.2 Å². The maximum atomic E-state index is 12.5. The number of carbonyl (C=O) groups is 2. The van der Waals surface area contributed by atoms with Crippen LogP contribution in [-0.2, 0) is 4.79 Å². The summed E-state index contributed by atoms with van der Waals surface area (Å²) < 4.78 is 0. The van der Waals surface area contributed by atoms with Gasteiger partial charge < -0.3 is 15.5 Å². The van der Waals surface area contributed by atoms with Crippen LogP contribution in [0, 0.1) is 5.92 Å². The van der Waals surface area contributed by atoms with Gasteiger partial charge in [-0.2, -0.15) is 0 Å². The number of carbonyl (C=O) groups excluding carboxylic acids is 2. The van der Waals surface area contributed by atoms with Gasteiger partial charge in [-0.15, -0.1) is 10.2 Å². The lowest BCUT2D eigenvalue weighted by Gasteiger charge is -2.32. The van der Waals surface area contributed by atoms with E-state index in [-0.39, 0.29) is 17.9 Å². The average molecular weight is 366 g/mol. The molecule has 2 heterocycles. The van der Waals surface area contributed by atoms with Crippen molar-refractivity contribution in [2.45, 2.75) is 64.3 Å². The molecular formula is C17H27N5O2S. The maximum absolute atomic E-state index is 12.5. The van der Waals surface area contributed by atoms with Crippen molar-refractivity contribution in [3.8, 4) is 0 Å². The molecule has 1 aromatic heterocycles. The molecule has 138 valence electrons. The van der Waals surface area contributed by atoms with Crippen LogP contribution in [0.1, 0.15) is 63.3 Å². The Bertz CT molecular complexity index is 612. The van der Waals surface area contributed by atoms with Crippen molar-refractivity contribution < 1.29 is 9.59 Å². The first kappa shape index (κ1) is 18.1. The third-order valence-electron chi connectivity index (χ3n) is 4.93. The molecule has 1 saturated carbocycles. The molecule has 2 aliphatic rings. The molecule has 1 unspecified atom stereocenters. The van der Waals surface area contributed by atoms with Gasteiger partial charge in [0.15, 0.2) is 0 Å². The molecule has 8 heteroatoms. The smallest absolute Gasteiger partial charge is 0.317 e. The summed E-state index contributed by atoms with van der Waals surface area (Å²) in [5.74, 6) is 0.0481. The Hall–Kier alpha value is -1.70. The van der Waals surface area contributed by atoms with Crippen LogP contribution in [0.15, 0.2) is 0 Å². The largest absolute Gasteiger partial charge is 0.335 e. The zero-order valence-corrected chi connectivity index (χ0v) is 15.8. The number of anilines is 1. The molecule has 3 rings (SSSR count). The molecule has 0 aromatic carbocycles. The van der Waals surface area contributed by atoms with Crippen LogP contribution >= 0.6 is 11.3 Å². The zero-order valence-electron chi connectivity index (χ0n) is 15.0. The number of piperidine rings is 1. The Morgan fingerprint density at radius 2 is 1.92 bits per heavy atom.